The van der Waals surface area contributed by atoms with Crippen LogP contribution in [0.3, 0.4) is 0 Å². The molecule has 0 atom stereocenters. The number of hydrogen-bond donors (Lipinski definition) is 0. The van der Waals surface area contributed by atoms with Gasteiger partial charge in [0.15, 0.2) is 0 Å². The van der Waals surface area contributed by atoms with Gasteiger partial charge in [-0.05, 0) is 150 Å². The Bertz CT molecular complexity index is 1390. The Morgan fingerprint density at radius 3 is 0.730 bits per heavy atom. The smallest absolute Gasteiger partial charge is 0.744 e. The van der Waals surface area contributed by atoms with E-state index in [0.717, 1.165) is 0 Å². The monoisotopic (exact) mass is 1050 g/mol. The predicted octanol–water partition coefficient (Wildman–Crippen LogP) is 5.97. The summed E-state index contributed by atoms with van der Waals surface area (Å²) in [6.45, 7) is 0. The number of halogens is 6. The van der Waals surface area contributed by atoms with Crippen LogP contribution in [0.1, 0.15) is 0 Å². The average Bonchev–Trinajstić information content (AvgIpc) is 2.72. The zero-order chi connectivity index (χ0) is 28.1. The largest absolute Gasteiger partial charge is 3.00 e. The van der Waals surface area contributed by atoms with Crippen molar-refractivity contribution in [2.75, 3.05) is 0 Å². The first-order valence-corrected chi connectivity index (χ1v) is 17.4. The van der Waals surface area contributed by atoms with Crippen LogP contribution in [0.2, 0.25) is 0 Å². The van der Waals surface area contributed by atoms with E-state index in [1.165, 1.54) is 54.6 Å². The number of rotatable bonds is 3. The second kappa shape index (κ2) is 16.0. The van der Waals surface area contributed by atoms with Crippen LogP contribution in [0.25, 0.3) is 0 Å². The molecule has 0 aliphatic heterocycles. The fourth-order valence-electron chi connectivity index (χ4n) is 1.90. The molecule has 0 fully saturated rings. The molecule has 3 aromatic rings. The summed E-state index contributed by atoms with van der Waals surface area (Å²) in [5.41, 5.74) is 0. The topological polar surface area (TPSA) is 172 Å². The van der Waals surface area contributed by atoms with Gasteiger partial charge in [-0.2, -0.15) is 0 Å². The van der Waals surface area contributed by atoms with Crippen LogP contribution in [0.5, 0.6) is 0 Å². The van der Waals surface area contributed by atoms with E-state index < -0.39 is 30.4 Å². The molecule has 198 valence electrons. The normalized spacial score (nSPS) is 11.3. The quantitative estimate of drug-likeness (QED) is 0.287. The van der Waals surface area contributed by atoms with Gasteiger partial charge in [-0.15, -0.1) is 0 Å². The first kappa shape index (κ1) is 38.1. The maximum absolute atomic E-state index is 10.5. The van der Waals surface area contributed by atoms with Crippen molar-refractivity contribution in [1.29, 1.82) is 0 Å². The molecule has 0 aliphatic rings. The third-order valence-corrected chi connectivity index (χ3v) is 11.7. The van der Waals surface area contributed by atoms with Crippen molar-refractivity contribution in [1.82, 2.24) is 0 Å². The Hall–Kier alpha value is 1.14. The van der Waals surface area contributed by atoms with Gasteiger partial charge < -0.3 is 13.7 Å². The summed E-state index contributed by atoms with van der Waals surface area (Å²) in [6.07, 6.45) is 0. The molecule has 0 saturated carbocycles. The summed E-state index contributed by atoms with van der Waals surface area (Å²) in [5.74, 6) is 0. The van der Waals surface area contributed by atoms with Gasteiger partial charge in [0.25, 0.3) is 0 Å². The van der Waals surface area contributed by atoms with E-state index in [1.54, 1.807) is 0 Å². The molecule has 0 aromatic heterocycles. The molecule has 0 saturated heterocycles. The molecule has 0 radical (unpaired) electrons. The van der Waals surface area contributed by atoms with Gasteiger partial charge in [0.1, 0.15) is 30.4 Å². The summed E-state index contributed by atoms with van der Waals surface area (Å²) < 4.78 is 98.3. The van der Waals surface area contributed by atoms with E-state index in [9.17, 15) is 38.9 Å². The Balaban J connectivity index is 0.000000518. The molecule has 0 heterocycles. The first-order chi connectivity index (χ1) is 16.2. The van der Waals surface area contributed by atoms with Gasteiger partial charge in [0, 0.05) is 26.8 Å². The summed E-state index contributed by atoms with van der Waals surface area (Å²) >= 11 is 18.7. The Morgan fingerprint density at radius 1 is 0.405 bits per heavy atom. The van der Waals surface area contributed by atoms with Gasteiger partial charge in [-0.25, -0.2) is 25.3 Å². The van der Waals surface area contributed by atoms with E-state index in [4.69, 9.17) is 0 Å². The molecular formula is C18H9Br6InO9S3. The van der Waals surface area contributed by atoms with Crippen molar-refractivity contribution in [3.05, 3.63) is 81.4 Å². The van der Waals surface area contributed by atoms with Crippen molar-refractivity contribution in [2.24, 2.45) is 0 Å². The summed E-state index contributed by atoms with van der Waals surface area (Å²) in [5, 5.41) is 0. The maximum Gasteiger partial charge on any atom is 3.00 e. The van der Waals surface area contributed by atoms with Gasteiger partial charge in [-0.1, -0.05) is 0 Å². The van der Waals surface area contributed by atoms with Gasteiger partial charge in [-0.3, -0.25) is 0 Å². The average molecular weight is 1060 g/mol. The zero-order valence-corrected chi connectivity index (χ0v) is 32.7. The number of hydrogen-bond acceptors (Lipinski definition) is 9. The fraction of sp³-hybridized carbons (Fsp3) is 0. The molecule has 0 aliphatic carbocycles. The third kappa shape index (κ3) is 13.6. The van der Waals surface area contributed by atoms with E-state index in [2.05, 4.69) is 95.6 Å². The van der Waals surface area contributed by atoms with E-state index in [0.29, 0.717) is 26.8 Å². The molecule has 0 amide bonds. The molecule has 3 rings (SSSR count). The third-order valence-electron chi connectivity index (χ3n) is 3.54. The standard InChI is InChI=1S/3C6H4Br2O3S.In/c3*7-5-2-1-4(3-6(5)8)12(9,10)11;/h3*1-3H,(H,9,10,11);/q;;;+3/p-3. The Kier molecular flexibility index (Phi) is 16.4. The predicted molar refractivity (Wildman–Crippen MR) is 155 cm³/mol. The maximum atomic E-state index is 10.5. The summed E-state index contributed by atoms with van der Waals surface area (Å²) in [4.78, 5) is -0.715. The van der Waals surface area contributed by atoms with E-state index in [1.807, 2.05) is 0 Å². The molecule has 9 nitrogen and oxygen atoms in total. The molecule has 19 heteroatoms. The molecule has 0 spiro atoms. The second-order valence-corrected chi connectivity index (χ2v) is 15.4. The fourth-order valence-corrected chi connectivity index (χ4v) is 5.72. The molecule has 3 aromatic carbocycles. The van der Waals surface area contributed by atoms with E-state index in [-0.39, 0.29) is 40.5 Å². The van der Waals surface area contributed by atoms with Crippen LogP contribution in [-0.4, -0.2) is 64.8 Å². The molecule has 0 bridgehead atoms. The van der Waals surface area contributed by atoms with Crippen molar-refractivity contribution < 1.29 is 38.9 Å². The zero-order valence-electron chi connectivity index (χ0n) is 17.4. The van der Waals surface area contributed by atoms with Gasteiger partial charge in [0.05, 0.1) is 14.7 Å². The van der Waals surface area contributed by atoms with Crippen LogP contribution in [0, 0.1) is 0 Å². The second-order valence-electron chi connectivity index (χ2n) is 6.09. The van der Waals surface area contributed by atoms with E-state index >= 15 is 0 Å². The van der Waals surface area contributed by atoms with Crippen LogP contribution in [0.15, 0.2) is 96.1 Å². The Labute approximate surface area is 283 Å². The summed E-state index contributed by atoms with van der Waals surface area (Å²) in [6, 6.07) is 12.0. The van der Waals surface area contributed by atoms with Crippen molar-refractivity contribution in [3.63, 3.8) is 0 Å². The van der Waals surface area contributed by atoms with Gasteiger partial charge >= 0.3 is 25.8 Å². The van der Waals surface area contributed by atoms with Crippen molar-refractivity contribution in [3.8, 4) is 0 Å². The van der Waals surface area contributed by atoms with Crippen LogP contribution >= 0.6 is 95.6 Å². The SMILES string of the molecule is O=S(=O)([O-])c1ccc(Br)c(Br)c1.O=S(=O)([O-])c1ccc(Br)c(Br)c1.O=S(=O)([O-])c1ccc(Br)c(Br)c1.[In+3]. The van der Waals surface area contributed by atoms with Crippen LogP contribution in [0.4, 0.5) is 0 Å². The van der Waals surface area contributed by atoms with Crippen LogP contribution in [-0.2, 0) is 30.4 Å². The van der Waals surface area contributed by atoms with Crippen molar-refractivity contribution >= 4 is 152 Å². The number of benzene rings is 3. The minimum Gasteiger partial charge on any atom is -0.744 e. The molecule has 0 N–H and O–H groups in total. The van der Waals surface area contributed by atoms with Crippen LogP contribution < -0.4 is 0 Å². The van der Waals surface area contributed by atoms with Crippen molar-refractivity contribution in [2.45, 2.75) is 14.7 Å². The molecular weight excluding hydrogens is 1050 g/mol. The molecule has 37 heavy (non-hydrogen) atoms. The Morgan fingerprint density at radius 2 is 0.595 bits per heavy atom. The first-order valence-electron chi connectivity index (χ1n) is 8.46. The minimum atomic E-state index is -4.34. The minimum absolute atomic E-state index is 0. The summed E-state index contributed by atoms with van der Waals surface area (Å²) in [7, 11) is -13.0. The van der Waals surface area contributed by atoms with Gasteiger partial charge in [0.2, 0.25) is 0 Å². The molecule has 0 unspecified atom stereocenters.